The van der Waals surface area contributed by atoms with Crippen molar-refractivity contribution >= 4 is 62.3 Å². The Morgan fingerprint density at radius 2 is 1.67 bits per heavy atom. The first-order valence-corrected chi connectivity index (χ1v) is 10.3. The van der Waals surface area contributed by atoms with E-state index in [4.69, 9.17) is 34.8 Å². The van der Waals surface area contributed by atoms with Crippen LogP contribution in [0.3, 0.4) is 0 Å². The van der Waals surface area contributed by atoms with Gasteiger partial charge in [-0.3, -0.25) is 24.7 Å². The first-order chi connectivity index (χ1) is 12.6. The zero-order valence-corrected chi connectivity index (χ0v) is 17.0. The van der Waals surface area contributed by atoms with Crippen molar-refractivity contribution in [3.8, 4) is 0 Å². The van der Waals surface area contributed by atoms with Crippen LogP contribution in [0.25, 0.3) is 0 Å². The maximum Gasteiger partial charge on any atom is 0.271 e. The van der Waals surface area contributed by atoms with Gasteiger partial charge in [0.05, 0.1) is 22.5 Å². The number of nitrogens with one attached hydrogen (secondary N) is 2. The minimum absolute atomic E-state index is 0.0549. The van der Waals surface area contributed by atoms with Crippen molar-refractivity contribution in [2.75, 3.05) is 17.1 Å². The number of nitrogens with zero attached hydrogens (tertiary/aromatic N) is 1. The predicted molar refractivity (Wildman–Crippen MR) is 106 cm³/mol. The van der Waals surface area contributed by atoms with Gasteiger partial charge in [0.25, 0.3) is 11.8 Å². The van der Waals surface area contributed by atoms with E-state index in [1.165, 1.54) is 30.3 Å². The molecule has 0 bridgehead atoms. The van der Waals surface area contributed by atoms with E-state index >= 15 is 0 Å². The summed E-state index contributed by atoms with van der Waals surface area (Å²) in [6.45, 7) is -0.567. The second kappa shape index (κ2) is 8.79. The molecule has 27 heavy (non-hydrogen) atoms. The van der Waals surface area contributed by atoms with Crippen molar-refractivity contribution in [3.63, 3.8) is 0 Å². The molecular weight excluding hydrogens is 437 g/mol. The molecule has 2 aromatic rings. The Morgan fingerprint density at radius 1 is 1.00 bits per heavy atom. The molecule has 0 fully saturated rings. The number of halogens is 3. The van der Waals surface area contributed by atoms with Crippen LogP contribution in [0.5, 0.6) is 0 Å². The lowest BCUT2D eigenvalue weighted by molar-refractivity contribution is -0.120. The van der Waals surface area contributed by atoms with Gasteiger partial charge in [0.2, 0.25) is 10.0 Å². The van der Waals surface area contributed by atoms with E-state index in [0.717, 1.165) is 10.6 Å². The smallest absolute Gasteiger partial charge is 0.271 e. The molecule has 7 nitrogen and oxygen atoms in total. The molecule has 0 heterocycles. The molecule has 0 aromatic heterocycles. The largest absolute Gasteiger partial charge is 0.271 e. The highest BCUT2D eigenvalue weighted by Crippen LogP contribution is 2.22. The first kappa shape index (κ1) is 21.3. The summed E-state index contributed by atoms with van der Waals surface area (Å²) in [4.78, 5) is 24.2. The van der Waals surface area contributed by atoms with Crippen molar-refractivity contribution in [1.82, 2.24) is 10.9 Å². The molecule has 0 aliphatic carbocycles. The van der Waals surface area contributed by atoms with Gasteiger partial charge in [-0.2, -0.15) is 0 Å². The first-order valence-electron chi connectivity index (χ1n) is 7.35. The topological polar surface area (TPSA) is 95.6 Å². The lowest BCUT2D eigenvalue weighted by Gasteiger charge is -2.22. The SMILES string of the molecule is CS(=O)(=O)N(CC(=O)NNC(=O)c1cc(Cl)ccc1Cl)c1cccc(Cl)c1. The van der Waals surface area contributed by atoms with Gasteiger partial charge >= 0.3 is 0 Å². The number of hydrazine groups is 1. The zero-order valence-electron chi connectivity index (χ0n) is 13.9. The third-order valence-electron chi connectivity index (χ3n) is 3.27. The van der Waals surface area contributed by atoms with Crippen molar-refractivity contribution in [3.05, 3.63) is 63.1 Å². The van der Waals surface area contributed by atoms with Crippen molar-refractivity contribution in [2.24, 2.45) is 0 Å². The molecule has 0 aliphatic heterocycles. The van der Waals surface area contributed by atoms with Crippen molar-refractivity contribution < 1.29 is 18.0 Å². The van der Waals surface area contributed by atoms with E-state index < -0.39 is 28.4 Å². The minimum atomic E-state index is -3.77. The molecule has 2 N–H and O–H groups in total. The van der Waals surface area contributed by atoms with Crippen LogP contribution in [-0.4, -0.2) is 33.0 Å². The second-order valence-electron chi connectivity index (χ2n) is 5.38. The maximum atomic E-state index is 12.1. The normalized spacial score (nSPS) is 11.0. The molecule has 2 rings (SSSR count). The molecule has 2 amide bonds. The van der Waals surface area contributed by atoms with Gasteiger partial charge in [-0.05, 0) is 36.4 Å². The number of rotatable bonds is 5. The Labute approximate surface area is 171 Å². The zero-order chi connectivity index (χ0) is 20.2. The van der Waals surface area contributed by atoms with Gasteiger partial charge in [-0.15, -0.1) is 0 Å². The lowest BCUT2D eigenvalue weighted by atomic mass is 10.2. The van der Waals surface area contributed by atoms with Crippen LogP contribution in [0.1, 0.15) is 10.4 Å². The van der Waals surface area contributed by atoms with Crippen LogP contribution in [0, 0.1) is 0 Å². The number of benzene rings is 2. The molecule has 0 atom stereocenters. The quantitative estimate of drug-likeness (QED) is 0.685. The average Bonchev–Trinajstić information content (AvgIpc) is 2.58. The monoisotopic (exact) mass is 449 g/mol. The highest BCUT2D eigenvalue weighted by atomic mass is 35.5. The number of hydrogen-bond donors (Lipinski definition) is 2. The summed E-state index contributed by atoms with van der Waals surface area (Å²) < 4.78 is 24.9. The third kappa shape index (κ3) is 6.00. The van der Waals surface area contributed by atoms with Crippen LogP contribution in [-0.2, 0) is 14.8 Å². The summed E-state index contributed by atoms with van der Waals surface area (Å²) >= 11 is 17.6. The van der Waals surface area contributed by atoms with E-state index in [-0.39, 0.29) is 16.3 Å². The Morgan fingerprint density at radius 3 is 2.30 bits per heavy atom. The number of carbonyl (C=O) groups is 2. The van der Waals surface area contributed by atoms with E-state index in [2.05, 4.69) is 10.9 Å². The van der Waals surface area contributed by atoms with Crippen LogP contribution in [0.4, 0.5) is 5.69 Å². The molecular formula is C16H14Cl3N3O4S. The standard InChI is InChI=1S/C16H14Cl3N3O4S/c1-27(25,26)22(12-4-2-3-10(17)7-12)9-15(23)20-21-16(24)13-8-11(18)5-6-14(13)19/h2-8H,9H2,1H3,(H,20,23)(H,21,24). The van der Waals surface area contributed by atoms with E-state index in [1.807, 2.05) is 0 Å². The molecule has 2 aromatic carbocycles. The fourth-order valence-electron chi connectivity index (χ4n) is 2.07. The number of hydrogen-bond acceptors (Lipinski definition) is 4. The number of amides is 2. The van der Waals surface area contributed by atoms with Gasteiger partial charge in [0, 0.05) is 10.0 Å². The molecule has 0 saturated heterocycles. The van der Waals surface area contributed by atoms with Gasteiger partial charge in [-0.25, -0.2) is 8.42 Å². The fraction of sp³-hybridized carbons (Fsp3) is 0.125. The van der Waals surface area contributed by atoms with Gasteiger partial charge in [0.15, 0.2) is 0 Å². The maximum absolute atomic E-state index is 12.1. The number of sulfonamides is 1. The third-order valence-corrected chi connectivity index (χ3v) is 5.21. The van der Waals surface area contributed by atoms with Crippen molar-refractivity contribution in [1.29, 1.82) is 0 Å². The number of carbonyl (C=O) groups excluding carboxylic acids is 2. The van der Waals surface area contributed by atoms with Crippen LogP contribution < -0.4 is 15.2 Å². The Balaban J connectivity index is 2.08. The molecule has 0 aliphatic rings. The van der Waals surface area contributed by atoms with Crippen LogP contribution in [0.15, 0.2) is 42.5 Å². The summed E-state index contributed by atoms with van der Waals surface area (Å²) in [6.07, 6.45) is 0.950. The van der Waals surface area contributed by atoms with Gasteiger partial charge in [-0.1, -0.05) is 40.9 Å². The molecule has 0 saturated carbocycles. The lowest BCUT2D eigenvalue weighted by Crippen LogP contribution is -2.47. The summed E-state index contributed by atoms with van der Waals surface area (Å²) in [7, 11) is -3.77. The Hall–Kier alpha value is -2.00. The van der Waals surface area contributed by atoms with E-state index in [1.54, 1.807) is 12.1 Å². The summed E-state index contributed by atoms with van der Waals surface area (Å²) in [6, 6.07) is 10.3. The molecule has 0 unspecified atom stereocenters. The van der Waals surface area contributed by atoms with Crippen molar-refractivity contribution in [2.45, 2.75) is 0 Å². The average molecular weight is 451 g/mol. The second-order valence-corrected chi connectivity index (χ2v) is 8.56. The predicted octanol–water partition coefficient (Wildman–Crippen LogP) is 2.87. The van der Waals surface area contributed by atoms with Gasteiger partial charge < -0.3 is 0 Å². The Bertz CT molecular complexity index is 983. The molecule has 0 spiro atoms. The summed E-state index contributed by atoms with van der Waals surface area (Å²) in [5.41, 5.74) is 4.56. The minimum Gasteiger partial charge on any atom is -0.271 e. The highest BCUT2D eigenvalue weighted by molar-refractivity contribution is 7.92. The van der Waals surface area contributed by atoms with E-state index in [9.17, 15) is 18.0 Å². The summed E-state index contributed by atoms with van der Waals surface area (Å²) in [5, 5.41) is 0.744. The van der Waals surface area contributed by atoms with Crippen LogP contribution >= 0.6 is 34.8 Å². The summed E-state index contributed by atoms with van der Waals surface area (Å²) in [5.74, 6) is -1.48. The van der Waals surface area contributed by atoms with Gasteiger partial charge in [0.1, 0.15) is 6.54 Å². The fourth-order valence-corrected chi connectivity index (χ4v) is 3.47. The molecule has 11 heteroatoms. The van der Waals surface area contributed by atoms with E-state index in [0.29, 0.717) is 10.0 Å². The van der Waals surface area contributed by atoms with Crippen LogP contribution in [0.2, 0.25) is 15.1 Å². The Kier molecular flexibility index (Phi) is 6.94. The molecule has 144 valence electrons. The number of anilines is 1. The molecule has 0 radical (unpaired) electrons. The highest BCUT2D eigenvalue weighted by Gasteiger charge is 2.21.